The molecule has 0 aliphatic carbocycles. The predicted octanol–water partition coefficient (Wildman–Crippen LogP) is 4.48. The van der Waals surface area contributed by atoms with Gasteiger partial charge in [-0.05, 0) is 44.0 Å². The average Bonchev–Trinajstić information content (AvgIpc) is 2.78. The van der Waals surface area contributed by atoms with Crippen molar-refractivity contribution in [3.05, 3.63) is 50.4 Å². The molecule has 20 heavy (non-hydrogen) atoms. The molecule has 1 aromatic carbocycles. The van der Waals surface area contributed by atoms with Gasteiger partial charge in [-0.15, -0.1) is 11.3 Å². The van der Waals surface area contributed by atoms with Crippen LogP contribution in [0.15, 0.2) is 33.4 Å². The van der Waals surface area contributed by atoms with Gasteiger partial charge in [0, 0.05) is 15.8 Å². The Hall–Kier alpha value is -1.37. The summed E-state index contributed by atoms with van der Waals surface area (Å²) < 4.78 is 0.606. The van der Waals surface area contributed by atoms with Crippen molar-refractivity contribution in [2.24, 2.45) is 0 Å². The number of hydrogen-bond donors (Lipinski definition) is 1. The largest absolute Gasteiger partial charge is 0.388 e. The summed E-state index contributed by atoms with van der Waals surface area (Å²) in [5.41, 5.74) is 2.42. The molecule has 0 saturated carbocycles. The molecule has 0 aliphatic heterocycles. The quantitative estimate of drug-likeness (QED) is 0.668. The molecule has 0 spiro atoms. The van der Waals surface area contributed by atoms with Crippen LogP contribution in [-0.4, -0.2) is 10.0 Å². The second kappa shape index (κ2) is 5.95. The van der Waals surface area contributed by atoms with Gasteiger partial charge in [0.05, 0.1) is 11.0 Å². The van der Waals surface area contributed by atoms with E-state index in [0.717, 1.165) is 10.5 Å². The third-order valence-corrected chi connectivity index (χ3v) is 5.47. The molecule has 1 aromatic heterocycles. The van der Waals surface area contributed by atoms with E-state index in [4.69, 9.17) is 0 Å². The van der Waals surface area contributed by atoms with Crippen molar-refractivity contribution in [3.8, 4) is 0 Å². The first-order chi connectivity index (χ1) is 9.38. The molecule has 0 aliphatic rings. The molecular formula is C14H15NO3S2. The number of benzene rings is 1. The maximum absolute atomic E-state index is 11.1. The van der Waals surface area contributed by atoms with Gasteiger partial charge < -0.3 is 5.11 Å². The van der Waals surface area contributed by atoms with Crippen molar-refractivity contribution in [3.63, 3.8) is 0 Å². The maximum atomic E-state index is 11.1. The third kappa shape index (κ3) is 3.20. The van der Waals surface area contributed by atoms with Gasteiger partial charge in [-0.1, -0.05) is 17.8 Å². The molecule has 0 bridgehead atoms. The Kier molecular flexibility index (Phi) is 4.47. The minimum atomic E-state index is -0.687. The SMILES string of the molecule is Cc1ccc(Sc2sc(C(C)O)cc2[N+](=O)[O-])cc1C. The van der Waals surface area contributed by atoms with Crippen LogP contribution in [0.5, 0.6) is 0 Å². The summed E-state index contributed by atoms with van der Waals surface area (Å²) in [6, 6.07) is 7.44. The van der Waals surface area contributed by atoms with Crippen LogP contribution in [0.1, 0.15) is 29.0 Å². The summed E-state index contributed by atoms with van der Waals surface area (Å²) in [6.07, 6.45) is -0.687. The van der Waals surface area contributed by atoms with Crippen LogP contribution < -0.4 is 0 Å². The van der Waals surface area contributed by atoms with Crippen LogP contribution in [0.4, 0.5) is 5.69 Å². The van der Waals surface area contributed by atoms with Gasteiger partial charge >= 0.3 is 0 Å². The van der Waals surface area contributed by atoms with E-state index in [0.29, 0.717) is 9.09 Å². The van der Waals surface area contributed by atoms with E-state index >= 15 is 0 Å². The van der Waals surface area contributed by atoms with E-state index in [2.05, 4.69) is 0 Å². The van der Waals surface area contributed by atoms with Crippen LogP contribution in [0.3, 0.4) is 0 Å². The van der Waals surface area contributed by atoms with Crippen LogP contribution in [0.2, 0.25) is 0 Å². The van der Waals surface area contributed by atoms with Crippen LogP contribution in [0, 0.1) is 24.0 Å². The molecular weight excluding hydrogens is 294 g/mol. The summed E-state index contributed by atoms with van der Waals surface area (Å²) in [4.78, 5) is 12.3. The van der Waals surface area contributed by atoms with Crippen molar-refractivity contribution >= 4 is 28.8 Å². The van der Waals surface area contributed by atoms with E-state index in [-0.39, 0.29) is 5.69 Å². The summed E-state index contributed by atoms with van der Waals surface area (Å²) in [7, 11) is 0. The van der Waals surface area contributed by atoms with E-state index in [1.807, 2.05) is 32.0 Å². The molecule has 1 atom stereocenters. The first-order valence-corrected chi connectivity index (χ1v) is 7.73. The van der Waals surface area contributed by atoms with Gasteiger partial charge in [0.25, 0.3) is 5.69 Å². The maximum Gasteiger partial charge on any atom is 0.294 e. The topological polar surface area (TPSA) is 63.4 Å². The Bertz CT molecular complexity index is 650. The predicted molar refractivity (Wildman–Crippen MR) is 81.6 cm³/mol. The molecule has 2 rings (SSSR count). The van der Waals surface area contributed by atoms with E-state index in [1.165, 1.54) is 34.7 Å². The lowest BCUT2D eigenvalue weighted by Gasteiger charge is -2.03. The highest BCUT2D eigenvalue weighted by Crippen LogP contribution is 2.43. The standard InChI is InChI=1S/C14H15NO3S2/c1-8-4-5-11(6-9(8)2)19-14-12(15(17)18)7-13(20-14)10(3)16/h4-7,10,16H,1-3H3. The molecule has 4 nitrogen and oxygen atoms in total. The first kappa shape index (κ1) is 15.0. The Balaban J connectivity index is 2.36. The minimum absolute atomic E-state index is 0.0640. The Labute approximate surface area is 125 Å². The highest BCUT2D eigenvalue weighted by Gasteiger charge is 2.21. The number of nitro groups is 1. The first-order valence-electron chi connectivity index (χ1n) is 6.09. The fraction of sp³-hybridized carbons (Fsp3) is 0.286. The third-order valence-electron chi connectivity index (χ3n) is 3.00. The zero-order valence-electron chi connectivity index (χ0n) is 11.4. The van der Waals surface area contributed by atoms with Gasteiger partial charge in [-0.2, -0.15) is 0 Å². The minimum Gasteiger partial charge on any atom is -0.388 e. The second-order valence-corrected chi connectivity index (χ2v) is 7.03. The molecule has 6 heteroatoms. The molecule has 0 amide bonds. The zero-order chi connectivity index (χ0) is 14.9. The molecule has 106 valence electrons. The van der Waals surface area contributed by atoms with E-state index < -0.39 is 11.0 Å². The number of aryl methyl sites for hydroxylation is 2. The summed E-state index contributed by atoms with van der Waals surface area (Å²) >= 11 is 2.64. The lowest BCUT2D eigenvalue weighted by molar-refractivity contribution is -0.387. The molecule has 1 unspecified atom stereocenters. The smallest absolute Gasteiger partial charge is 0.294 e. The number of rotatable bonds is 4. The molecule has 0 radical (unpaired) electrons. The van der Waals surface area contributed by atoms with Gasteiger partial charge in [0.15, 0.2) is 0 Å². The van der Waals surface area contributed by atoms with E-state index in [9.17, 15) is 15.2 Å². The van der Waals surface area contributed by atoms with Crippen molar-refractivity contribution in [2.45, 2.75) is 36.0 Å². The van der Waals surface area contributed by atoms with Crippen molar-refractivity contribution in [1.82, 2.24) is 0 Å². The van der Waals surface area contributed by atoms with Gasteiger partial charge in [-0.3, -0.25) is 10.1 Å². The van der Waals surface area contributed by atoms with Crippen LogP contribution >= 0.6 is 23.1 Å². The molecule has 1 N–H and O–H groups in total. The molecule has 0 fully saturated rings. The van der Waals surface area contributed by atoms with Crippen molar-refractivity contribution < 1.29 is 10.0 Å². The monoisotopic (exact) mass is 309 g/mol. The fourth-order valence-corrected chi connectivity index (χ4v) is 4.03. The number of aliphatic hydroxyl groups is 1. The van der Waals surface area contributed by atoms with Gasteiger partial charge in [-0.25, -0.2) is 0 Å². The number of hydrogen-bond acceptors (Lipinski definition) is 5. The summed E-state index contributed by atoms with van der Waals surface area (Å²) in [6.45, 7) is 5.66. The Morgan fingerprint density at radius 2 is 2.00 bits per heavy atom. The van der Waals surface area contributed by atoms with Gasteiger partial charge in [0.2, 0.25) is 0 Å². The second-order valence-electron chi connectivity index (χ2n) is 4.60. The fourth-order valence-electron chi connectivity index (χ4n) is 1.67. The van der Waals surface area contributed by atoms with Gasteiger partial charge in [0.1, 0.15) is 4.21 Å². The Morgan fingerprint density at radius 1 is 1.30 bits per heavy atom. The summed E-state index contributed by atoms with van der Waals surface area (Å²) in [5, 5.41) is 20.7. The number of aliphatic hydroxyl groups excluding tert-OH is 1. The molecule has 2 aromatic rings. The summed E-state index contributed by atoms with van der Waals surface area (Å²) in [5.74, 6) is 0. The van der Waals surface area contributed by atoms with Crippen LogP contribution in [-0.2, 0) is 0 Å². The van der Waals surface area contributed by atoms with Crippen molar-refractivity contribution in [1.29, 1.82) is 0 Å². The van der Waals surface area contributed by atoms with Crippen LogP contribution in [0.25, 0.3) is 0 Å². The number of thiophene rings is 1. The molecule has 1 heterocycles. The zero-order valence-corrected chi connectivity index (χ0v) is 13.0. The molecule has 0 saturated heterocycles. The highest BCUT2D eigenvalue weighted by atomic mass is 32.2. The Morgan fingerprint density at radius 3 is 2.55 bits per heavy atom. The lowest BCUT2D eigenvalue weighted by atomic mass is 10.1. The lowest BCUT2D eigenvalue weighted by Crippen LogP contribution is -1.87. The van der Waals surface area contributed by atoms with E-state index in [1.54, 1.807) is 6.92 Å². The average molecular weight is 309 g/mol. The van der Waals surface area contributed by atoms with Crippen molar-refractivity contribution in [2.75, 3.05) is 0 Å². The highest BCUT2D eigenvalue weighted by molar-refractivity contribution is 8.01. The normalized spacial score (nSPS) is 12.4. The number of nitrogens with zero attached hydrogens (tertiary/aromatic N) is 1.